The molecule has 3 rings (SSSR count). The smallest absolute Gasteiger partial charge is 0.224 e. The van der Waals surface area contributed by atoms with Crippen molar-refractivity contribution in [3.63, 3.8) is 0 Å². The third-order valence-electron chi connectivity index (χ3n) is 5.12. The van der Waals surface area contributed by atoms with Gasteiger partial charge in [-0.05, 0) is 55.1 Å². The average Bonchev–Trinajstić information content (AvgIpc) is 2.65. The fraction of sp³-hybridized carbons (Fsp3) is 0.409. The van der Waals surface area contributed by atoms with Crippen molar-refractivity contribution in [2.24, 2.45) is 0 Å². The molecule has 3 nitrogen and oxygen atoms in total. The lowest BCUT2D eigenvalue weighted by atomic mass is 10.0. The third kappa shape index (κ3) is 5.58. The minimum absolute atomic E-state index is 0.0264. The summed E-state index contributed by atoms with van der Waals surface area (Å²) in [5.74, 6) is 0.0264. The van der Waals surface area contributed by atoms with Crippen molar-refractivity contribution >= 4 is 17.5 Å². The molecular weight excluding hydrogens is 344 g/mol. The maximum atomic E-state index is 12.1. The molecule has 1 atom stereocenters. The minimum atomic E-state index is 0.0264. The van der Waals surface area contributed by atoms with Crippen molar-refractivity contribution in [2.45, 2.75) is 51.7 Å². The van der Waals surface area contributed by atoms with Crippen LogP contribution in [0.3, 0.4) is 0 Å². The van der Waals surface area contributed by atoms with Gasteiger partial charge in [0.15, 0.2) is 0 Å². The van der Waals surface area contributed by atoms with Crippen molar-refractivity contribution in [3.05, 3.63) is 70.2 Å². The van der Waals surface area contributed by atoms with Gasteiger partial charge in [-0.3, -0.25) is 9.69 Å². The van der Waals surface area contributed by atoms with Crippen LogP contribution in [0.25, 0.3) is 0 Å². The number of nitrogens with one attached hydrogen (secondary N) is 1. The molecule has 2 aromatic rings. The molecule has 0 spiro atoms. The molecule has 1 saturated heterocycles. The first-order valence-corrected chi connectivity index (χ1v) is 9.81. The normalized spacial score (nSPS) is 17.8. The summed E-state index contributed by atoms with van der Waals surface area (Å²) in [7, 11) is 0. The molecule has 1 aliphatic rings. The number of rotatable bonds is 6. The van der Waals surface area contributed by atoms with Crippen LogP contribution in [0.4, 0.5) is 0 Å². The number of hydrogen-bond acceptors (Lipinski definition) is 2. The lowest BCUT2D eigenvalue weighted by Crippen LogP contribution is -2.36. The number of carbonyl (C=O) groups excluding carboxylic acids is 1. The van der Waals surface area contributed by atoms with Gasteiger partial charge in [-0.2, -0.15) is 0 Å². The van der Waals surface area contributed by atoms with E-state index in [-0.39, 0.29) is 5.91 Å². The van der Waals surface area contributed by atoms with E-state index in [0.29, 0.717) is 24.0 Å². The minimum Gasteiger partial charge on any atom is -0.352 e. The Labute approximate surface area is 161 Å². The number of nitrogens with zero attached hydrogens (tertiary/aromatic N) is 1. The molecule has 26 heavy (non-hydrogen) atoms. The highest BCUT2D eigenvalue weighted by Crippen LogP contribution is 2.19. The van der Waals surface area contributed by atoms with E-state index in [0.717, 1.165) is 17.7 Å². The summed E-state index contributed by atoms with van der Waals surface area (Å²) < 4.78 is 0. The number of likely N-dealkylation sites (tertiary alicyclic amines) is 1. The quantitative estimate of drug-likeness (QED) is 0.807. The van der Waals surface area contributed by atoms with Crippen LogP contribution in [-0.4, -0.2) is 23.4 Å². The molecule has 2 aromatic carbocycles. The van der Waals surface area contributed by atoms with Crippen LogP contribution in [0, 0.1) is 0 Å². The van der Waals surface area contributed by atoms with Gasteiger partial charge in [-0.1, -0.05) is 54.4 Å². The van der Waals surface area contributed by atoms with Crippen molar-refractivity contribution in [1.82, 2.24) is 10.2 Å². The zero-order valence-electron chi connectivity index (χ0n) is 15.4. The van der Waals surface area contributed by atoms with Crippen molar-refractivity contribution in [3.8, 4) is 0 Å². The Morgan fingerprint density at radius 3 is 2.38 bits per heavy atom. The van der Waals surface area contributed by atoms with Gasteiger partial charge in [0.1, 0.15) is 0 Å². The Bertz CT molecular complexity index is 712. The first-order valence-electron chi connectivity index (χ1n) is 9.43. The van der Waals surface area contributed by atoms with Gasteiger partial charge in [-0.25, -0.2) is 0 Å². The Morgan fingerprint density at radius 1 is 1.04 bits per heavy atom. The molecule has 1 amide bonds. The van der Waals surface area contributed by atoms with E-state index in [1.54, 1.807) is 0 Å². The van der Waals surface area contributed by atoms with Crippen LogP contribution in [0.5, 0.6) is 0 Å². The van der Waals surface area contributed by atoms with Crippen LogP contribution in [0.15, 0.2) is 48.5 Å². The molecule has 1 fully saturated rings. The molecule has 1 aliphatic heterocycles. The molecule has 0 saturated carbocycles. The van der Waals surface area contributed by atoms with E-state index in [9.17, 15) is 4.79 Å². The lowest BCUT2D eigenvalue weighted by Gasteiger charge is -2.33. The lowest BCUT2D eigenvalue weighted by molar-refractivity contribution is -0.120. The molecule has 4 heteroatoms. The summed E-state index contributed by atoms with van der Waals surface area (Å²) in [6.07, 6.45) is 4.34. The number of piperidine rings is 1. The van der Waals surface area contributed by atoms with Crippen molar-refractivity contribution in [2.75, 3.05) is 6.54 Å². The van der Waals surface area contributed by atoms with Crippen LogP contribution in [0.2, 0.25) is 5.02 Å². The second-order valence-corrected chi connectivity index (χ2v) is 7.65. The maximum absolute atomic E-state index is 12.1. The van der Waals surface area contributed by atoms with E-state index in [1.807, 2.05) is 24.3 Å². The number of hydrogen-bond donors (Lipinski definition) is 1. The van der Waals surface area contributed by atoms with Gasteiger partial charge in [-0.15, -0.1) is 0 Å². The first-order chi connectivity index (χ1) is 12.6. The number of benzene rings is 2. The van der Waals surface area contributed by atoms with Gasteiger partial charge in [0.05, 0.1) is 6.42 Å². The number of amides is 1. The molecule has 0 aromatic heterocycles. The fourth-order valence-corrected chi connectivity index (χ4v) is 3.57. The van der Waals surface area contributed by atoms with Gasteiger partial charge in [0.2, 0.25) is 5.91 Å². The van der Waals surface area contributed by atoms with E-state index >= 15 is 0 Å². The second kappa shape index (κ2) is 9.20. The summed E-state index contributed by atoms with van der Waals surface area (Å²) >= 11 is 5.87. The van der Waals surface area contributed by atoms with Crippen LogP contribution >= 0.6 is 11.6 Å². The molecule has 1 heterocycles. The maximum Gasteiger partial charge on any atom is 0.224 e. The zero-order chi connectivity index (χ0) is 18.4. The molecule has 0 bridgehead atoms. The highest BCUT2D eigenvalue weighted by molar-refractivity contribution is 6.30. The average molecular weight is 371 g/mol. The number of carbonyl (C=O) groups is 1. The topological polar surface area (TPSA) is 32.3 Å². The van der Waals surface area contributed by atoms with Crippen molar-refractivity contribution in [1.29, 1.82) is 0 Å². The van der Waals surface area contributed by atoms with E-state index < -0.39 is 0 Å². The van der Waals surface area contributed by atoms with Crippen molar-refractivity contribution < 1.29 is 4.79 Å². The van der Waals surface area contributed by atoms with Crippen LogP contribution < -0.4 is 5.32 Å². The Balaban J connectivity index is 1.46. The van der Waals surface area contributed by atoms with Gasteiger partial charge in [0.25, 0.3) is 0 Å². The predicted octanol–water partition coefficient (Wildman–Crippen LogP) is 4.57. The number of halogens is 1. The van der Waals surface area contributed by atoms with Crippen LogP contribution in [0.1, 0.15) is 42.9 Å². The van der Waals surface area contributed by atoms with E-state index in [1.165, 1.54) is 31.4 Å². The second-order valence-electron chi connectivity index (χ2n) is 7.21. The van der Waals surface area contributed by atoms with Gasteiger partial charge in [0, 0.05) is 24.2 Å². The molecule has 138 valence electrons. The third-order valence-corrected chi connectivity index (χ3v) is 5.37. The predicted molar refractivity (Wildman–Crippen MR) is 107 cm³/mol. The summed E-state index contributed by atoms with van der Waals surface area (Å²) in [6.45, 7) is 5.10. The SMILES string of the molecule is CC1CCCCN1Cc1ccc(CNC(=O)Cc2ccc(Cl)cc2)cc1. The van der Waals surface area contributed by atoms with Gasteiger partial charge >= 0.3 is 0 Å². The van der Waals surface area contributed by atoms with E-state index in [4.69, 9.17) is 11.6 Å². The van der Waals surface area contributed by atoms with E-state index in [2.05, 4.69) is 41.4 Å². The summed E-state index contributed by atoms with van der Waals surface area (Å²) in [5, 5.41) is 3.68. The monoisotopic (exact) mass is 370 g/mol. The Hall–Kier alpha value is -1.84. The summed E-state index contributed by atoms with van der Waals surface area (Å²) in [5.41, 5.74) is 3.44. The molecular formula is C22H27ClN2O. The highest BCUT2D eigenvalue weighted by Gasteiger charge is 2.17. The standard InChI is InChI=1S/C22H27ClN2O/c1-17-4-2-3-13-25(17)16-20-7-5-19(6-8-20)15-24-22(26)14-18-9-11-21(23)12-10-18/h5-12,17H,2-4,13-16H2,1H3,(H,24,26). The highest BCUT2D eigenvalue weighted by atomic mass is 35.5. The molecule has 1 N–H and O–H groups in total. The molecule has 0 aliphatic carbocycles. The Morgan fingerprint density at radius 2 is 1.69 bits per heavy atom. The zero-order valence-corrected chi connectivity index (χ0v) is 16.1. The first kappa shape index (κ1) is 18.9. The van der Waals surface area contributed by atoms with Gasteiger partial charge < -0.3 is 5.32 Å². The largest absolute Gasteiger partial charge is 0.352 e. The Kier molecular flexibility index (Phi) is 6.70. The summed E-state index contributed by atoms with van der Waals surface area (Å²) in [4.78, 5) is 14.6. The van der Waals surface area contributed by atoms with Crippen LogP contribution in [-0.2, 0) is 24.3 Å². The molecule has 0 radical (unpaired) electrons. The summed E-state index contributed by atoms with van der Waals surface area (Å²) in [6, 6.07) is 16.7. The molecule has 1 unspecified atom stereocenters. The fourth-order valence-electron chi connectivity index (χ4n) is 3.44.